The lowest BCUT2D eigenvalue weighted by Gasteiger charge is -2.14. The minimum absolute atomic E-state index is 0.0658. The van der Waals surface area contributed by atoms with Crippen LogP contribution in [0.15, 0.2) is 48.5 Å². The van der Waals surface area contributed by atoms with Gasteiger partial charge < -0.3 is 15.4 Å². The highest BCUT2D eigenvalue weighted by Crippen LogP contribution is 2.17. The monoisotopic (exact) mass is 340 g/mol. The number of rotatable bonds is 5. The molecule has 0 heterocycles. The van der Waals surface area contributed by atoms with Gasteiger partial charge in [-0.2, -0.15) is 0 Å². The smallest absolute Gasteiger partial charge is 0.313 e. The van der Waals surface area contributed by atoms with E-state index < -0.39 is 11.8 Å². The number of hydrogen-bond acceptors (Lipinski definition) is 4. The van der Waals surface area contributed by atoms with E-state index in [1.807, 2.05) is 12.1 Å². The Morgan fingerprint density at radius 2 is 1.52 bits per heavy atom. The zero-order chi connectivity index (χ0) is 18.4. The Morgan fingerprint density at radius 3 is 2.04 bits per heavy atom. The van der Waals surface area contributed by atoms with Gasteiger partial charge >= 0.3 is 11.8 Å². The van der Waals surface area contributed by atoms with Crippen LogP contribution >= 0.6 is 0 Å². The molecule has 2 aromatic rings. The molecule has 2 amide bonds. The van der Waals surface area contributed by atoms with E-state index in [0.29, 0.717) is 17.0 Å². The summed E-state index contributed by atoms with van der Waals surface area (Å²) in [7, 11) is 1.58. The van der Waals surface area contributed by atoms with Gasteiger partial charge in [0.05, 0.1) is 13.2 Å². The topological polar surface area (TPSA) is 84.5 Å². The molecule has 1 unspecified atom stereocenters. The number of hydrogen-bond donors (Lipinski definition) is 2. The average molecular weight is 340 g/mol. The highest BCUT2D eigenvalue weighted by molar-refractivity contribution is 6.39. The summed E-state index contributed by atoms with van der Waals surface area (Å²) in [6.07, 6.45) is 0. The minimum atomic E-state index is -0.768. The van der Waals surface area contributed by atoms with Crippen molar-refractivity contribution in [2.45, 2.75) is 19.9 Å². The Bertz CT molecular complexity index is 767. The van der Waals surface area contributed by atoms with E-state index in [2.05, 4.69) is 10.6 Å². The van der Waals surface area contributed by atoms with Crippen molar-refractivity contribution in [2.24, 2.45) is 0 Å². The second-order valence-electron chi connectivity index (χ2n) is 5.56. The van der Waals surface area contributed by atoms with Crippen LogP contribution < -0.4 is 15.4 Å². The van der Waals surface area contributed by atoms with Gasteiger partial charge in [0, 0.05) is 11.3 Å². The molecule has 0 spiro atoms. The number of carbonyl (C=O) groups is 3. The van der Waals surface area contributed by atoms with E-state index in [-0.39, 0.29) is 11.8 Å². The fraction of sp³-hybridized carbons (Fsp3) is 0.211. The first-order chi connectivity index (χ1) is 11.9. The number of methoxy groups -OCH3 is 1. The first-order valence-corrected chi connectivity index (χ1v) is 7.77. The predicted molar refractivity (Wildman–Crippen MR) is 94.6 cm³/mol. The summed E-state index contributed by atoms with van der Waals surface area (Å²) >= 11 is 0. The average Bonchev–Trinajstić information content (AvgIpc) is 2.62. The maximum absolute atomic E-state index is 12.0. The highest BCUT2D eigenvalue weighted by atomic mass is 16.5. The van der Waals surface area contributed by atoms with Crippen LogP contribution in [0.5, 0.6) is 5.75 Å². The molecule has 1 atom stereocenters. The fourth-order valence-corrected chi connectivity index (χ4v) is 2.21. The van der Waals surface area contributed by atoms with Crippen LogP contribution in [0.4, 0.5) is 5.69 Å². The van der Waals surface area contributed by atoms with Gasteiger partial charge in [0.2, 0.25) is 0 Å². The lowest BCUT2D eigenvalue weighted by Crippen LogP contribution is -2.36. The van der Waals surface area contributed by atoms with E-state index in [1.54, 1.807) is 50.4 Å². The van der Waals surface area contributed by atoms with Crippen molar-refractivity contribution in [3.05, 3.63) is 59.7 Å². The minimum Gasteiger partial charge on any atom is -0.497 e. The molecule has 2 N–H and O–H groups in total. The van der Waals surface area contributed by atoms with E-state index in [0.717, 1.165) is 5.56 Å². The molecular formula is C19H20N2O4. The van der Waals surface area contributed by atoms with Gasteiger partial charge in [-0.1, -0.05) is 12.1 Å². The summed E-state index contributed by atoms with van der Waals surface area (Å²) in [5.74, 6) is -0.854. The number of benzene rings is 2. The van der Waals surface area contributed by atoms with Gasteiger partial charge in [0.25, 0.3) is 0 Å². The standard InChI is InChI=1S/C19H20N2O4/c1-12(14-6-10-17(25-3)11-7-14)20-18(23)19(24)21-16-8-4-15(5-9-16)13(2)22/h4-12H,1-3H3,(H,20,23)(H,21,24). The van der Waals surface area contributed by atoms with Crippen molar-refractivity contribution in [3.8, 4) is 5.75 Å². The van der Waals surface area contributed by atoms with Gasteiger partial charge in [-0.25, -0.2) is 0 Å². The summed E-state index contributed by atoms with van der Waals surface area (Å²) in [5, 5.41) is 5.14. The molecule has 0 fully saturated rings. The number of carbonyl (C=O) groups excluding carboxylic acids is 3. The van der Waals surface area contributed by atoms with E-state index in [4.69, 9.17) is 4.74 Å². The number of nitrogens with one attached hydrogen (secondary N) is 2. The van der Waals surface area contributed by atoms with E-state index >= 15 is 0 Å². The molecule has 0 aliphatic heterocycles. The molecule has 6 nitrogen and oxygen atoms in total. The molecule has 6 heteroatoms. The summed E-state index contributed by atoms with van der Waals surface area (Å²) in [5.41, 5.74) is 1.84. The lowest BCUT2D eigenvalue weighted by molar-refractivity contribution is -0.136. The number of Topliss-reactive ketones (excluding diaryl/α,β-unsaturated/α-hetero) is 1. The summed E-state index contributed by atoms with van der Waals surface area (Å²) in [6, 6.07) is 13.2. The van der Waals surface area contributed by atoms with Crippen LogP contribution in [-0.4, -0.2) is 24.7 Å². The third-order valence-electron chi connectivity index (χ3n) is 3.72. The molecule has 0 saturated heterocycles. The third-order valence-corrected chi connectivity index (χ3v) is 3.72. The lowest BCUT2D eigenvalue weighted by atomic mass is 10.1. The summed E-state index contributed by atoms with van der Waals surface area (Å²) < 4.78 is 5.09. The maximum atomic E-state index is 12.0. The molecule has 25 heavy (non-hydrogen) atoms. The van der Waals surface area contributed by atoms with Crippen LogP contribution in [0.3, 0.4) is 0 Å². The molecule has 2 aromatic carbocycles. The van der Waals surface area contributed by atoms with Crippen molar-refractivity contribution in [1.82, 2.24) is 5.32 Å². The van der Waals surface area contributed by atoms with Crippen LogP contribution in [0, 0.1) is 0 Å². The predicted octanol–water partition coefficient (Wildman–Crippen LogP) is 2.71. The molecule has 130 valence electrons. The Balaban J connectivity index is 1.94. The first-order valence-electron chi connectivity index (χ1n) is 7.77. The van der Waals surface area contributed by atoms with Crippen molar-refractivity contribution >= 4 is 23.3 Å². The molecule has 0 radical (unpaired) electrons. The first kappa shape index (κ1) is 18.2. The maximum Gasteiger partial charge on any atom is 0.313 e. The van der Waals surface area contributed by atoms with Gasteiger partial charge in [-0.05, 0) is 55.8 Å². The number of anilines is 1. The number of amides is 2. The Labute approximate surface area is 146 Å². The van der Waals surface area contributed by atoms with Gasteiger partial charge in [0.1, 0.15) is 5.75 Å². The van der Waals surface area contributed by atoms with Crippen molar-refractivity contribution in [2.75, 3.05) is 12.4 Å². The fourth-order valence-electron chi connectivity index (χ4n) is 2.21. The molecule has 0 bridgehead atoms. The van der Waals surface area contributed by atoms with Crippen molar-refractivity contribution < 1.29 is 19.1 Å². The number of ether oxygens (including phenoxy) is 1. The third kappa shape index (κ3) is 4.91. The van der Waals surface area contributed by atoms with Crippen molar-refractivity contribution in [1.29, 1.82) is 0 Å². The second kappa shape index (κ2) is 8.10. The quantitative estimate of drug-likeness (QED) is 0.647. The Morgan fingerprint density at radius 1 is 0.920 bits per heavy atom. The van der Waals surface area contributed by atoms with Crippen LogP contribution in [-0.2, 0) is 9.59 Å². The van der Waals surface area contributed by atoms with E-state index in [9.17, 15) is 14.4 Å². The van der Waals surface area contributed by atoms with Crippen LogP contribution in [0.25, 0.3) is 0 Å². The Hall–Kier alpha value is -3.15. The molecule has 2 rings (SSSR count). The van der Waals surface area contributed by atoms with Crippen LogP contribution in [0.2, 0.25) is 0 Å². The van der Waals surface area contributed by atoms with E-state index in [1.165, 1.54) is 6.92 Å². The second-order valence-corrected chi connectivity index (χ2v) is 5.56. The van der Waals surface area contributed by atoms with Gasteiger partial charge in [-0.3, -0.25) is 14.4 Å². The molecule has 0 aliphatic rings. The zero-order valence-corrected chi connectivity index (χ0v) is 14.3. The number of ketones is 1. The molecule has 0 aliphatic carbocycles. The summed E-state index contributed by atoms with van der Waals surface area (Å²) in [4.78, 5) is 35.2. The molecule has 0 saturated carbocycles. The van der Waals surface area contributed by atoms with Crippen molar-refractivity contribution in [3.63, 3.8) is 0 Å². The normalized spacial score (nSPS) is 11.3. The largest absolute Gasteiger partial charge is 0.497 e. The Kier molecular flexibility index (Phi) is 5.89. The van der Waals surface area contributed by atoms with Crippen LogP contribution in [0.1, 0.15) is 35.8 Å². The SMILES string of the molecule is COc1ccc(C(C)NC(=O)C(=O)Nc2ccc(C(C)=O)cc2)cc1. The molecular weight excluding hydrogens is 320 g/mol. The summed E-state index contributed by atoms with van der Waals surface area (Å²) in [6.45, 7) is 3.25. The van der Waals surface area contributed by atoms with Gasteiger partial charge in [-0.15, -0.1) is 0 Å². The molecule has 0 aromatic heterocycles. The van der Waals surface area contributed by atoms with Gasteiger partial charge in [0.15, 0.2) is 5.78 Å². The highest BCUT2D eigenvalue weighted by Gasteiger charge is 2.17. The zero-order valence-electron chi connectivity index (χ0n) is 14.3.